The molecule has 6 heteroatoms. The summed E-state index contributed by atoms with van der Waals surface area (Å²) in [5.74, 6) is 1.13. The first-order valence-corrected chi connectivity index (χ1v) is 8.57. The highest BCUT2D eigenvalue weighted by molar-refractivity contribution is 9.10. The van der Waals surface area contributed by atoms with Crippen molar-refractivity contribution in [3.63, 3.8) is 0 Å². The number of anilines is 1. The average molecular weight is 378 g/mol. The molecule has 0 radical (unpaired) electrons. The summed E-state index contributed by atoms with van der Waals surface area (Å²) >= 11 is 5.14. The number of nitrogen functional groups attached to an aromatic ring is 1. The second-order valence-corrected chi connectivity index (χ2v) is 6.96. The van der Waals surface area contributed by atoms with E-state index < -0.39 is 0 Å². The zero-order valence-electron chi connectivity index (χ0n) is 12.6. The molecule has 1 aromatic carbocycles. The molecule has 0 aliphatic carbocycles. The second kappa shape index (κ2) is 5.85. The fourth-order valence-electron chi connectivity index (χ4n) is 2.20. The zero-order valence-corrected chi connectivity index (χ0v) is 15.0. The minimum Gasteiger partial charge on any atom is -0.495 e. The lowest BCUT2D eigenvalue weighted by molar-refractivity contribution is 0.413. The molecule has 22 heavy (non-hydrogen) atoms. The predicted molar refractivity (Wildman–Crippen MR) is 95.6 cm³/mol. The molecule has 2 aromatic heterocycles. The lowest BCUT2D eigenvalue weighted by atomic mass is 10.1. The van der Waals surface area contributed by atoms with E-state index in [0.29, 0.717) is 11.6 Å². The largest absolute Gasteiger partial charge is 0.495 e. The number of pyridine rings is 1. The molecule has 4 nitrogen and oxygen atoms in total. The topological polar surface area (TPSA) is 61.0 Å². The van der Waals surface area contributed by atoms with Crippen LogP contribution in [-0.2, 0) is 0 Å². The first-order chi connectivity index (χ1) is 10.5. The van der Waals surface area contributed by atoms with Crippen LogP contribution in [0.1, 0.15) is 25.5 Å². The van der Waals surface area contributed by atoms with Crippen molar-refractivity contribution in [1.29, 1.82) is 0 Å². The van der Waals surface area contributed by atoms with Crippen LogP contribution in [0.5, 0.6) is 5.75 Å². The van der Waals surface area contributed by atoms with Crippen LogP contribution >= 0.6 is 27.3 Å². The fraction of sp³-hybridized carbons (Fsp3) is 0.250. The number of fused-ring (bicyclic) bond motifs is 1. The number of hydrogen-bond acceptors (Lipinski definition) is 5. The number of aromatic nitrogens is 2. The van der Waals surface area contributed by atoms with Crippen molar-refractivity contribution >= 4 is 43.9 Å². The van der Waals surface area contributed by atoms with Gasteiger partial charge < -0.3 is 10.5 Å². The zero-order chi connectivity index (χ0) is 15.9. The molecule has 0 spiro atoms. The van der Waals surface area contributed by atoms with Crippen LogP contribution in [0, 0.1) is 0 Å². The summed E-state index contributed by atoms with van der Waals surface area (Å²) in [6.07, 6.45) is 0. The number of benzene rings is 1. The van der Waals surface area contributed by atoms with E-state index >= 15 is 0 Å². The highest BCUT2D eigenvalue weighted by Gasteiger charge is 2.14. The van der Waals surface area contributed by atoms with Gasteiger partial charge in [-0.1, -0.05) is 13.8 Å². The van der Waals surface area contributed by atoms with Gasteiger partial charge in [0.2, 0.25) is 0 Å². The van der Waals surface area contributed by atoms with Crippen LogP contribution in [-0.4, -0.2) is 17.1 Å². The van der Waals surface area contributed by atoms with Crippen LogP contribution in [0.2, 0.25) is 0 Å². The van der Waals surface area contributed by atoms with Crippen molar-refractivity contribution in [2.75, 3.05) is 12.8 Å². The van der Waals surface area contributed by atoms with E-state index in [1.165, 1.54) is 0 Å². The van der Waals surface area contributed by atoms with Gasteiger partial charge in [-0.25, -0.2) is 9.97 Å². The molecular formula is C16H16BrN3OS. The molecule has 2 N–H and O–H groups in total. The molecule has 0 aliphatic heterocycles. The maximum atomic E-state index is 6.20. The number of rotatable bonds is 3. The van der Waals surface area contributed by atoms with Crippen molar-refractivity contribution in [2.45, 2.75) is 19.8 Å². The van der Waals surface area contributed by atoms with Gasteiger partial charge in [0.05, 0.1) is 22.8 Å². The Morgan fingerprint density at radius 3 is 2.68 bits per heavy atom. The van der Waals surface area contributed by atoms with Crippen LogP contribution in [0.15, 0.2) is 28.1 Å². The highest BCUT2D eigenvalue weighted by Crippen LogP contribution is 2.37. The third kappa shape index (κ3) is 2.57. The van der Waals surface area contributed by atoms with Gasteiger partial charge in [0.25, 0.3) is 0 Å². The van der Waals surface area contributed by atoms with Crippen molar-refractivity contribution in [2.24, 2.45) is 0 Å². The molecular weight excluding hydrogens is 362 g/mol. The number of halogens is 1. The molecule has 0 saturated heterocycles. The van der Waals surface area contributed by atoms with E-state index in [1.807, 2.05) is 18.2 Å². The highest BCUT2D eigenvalue weighted by atomic mass is 79.9. The summed E-state index contributed by atoms with van der Waals surface area (Å²) in [5.41, 5.74) is 9.53. The summed E-state index contributed by atoms with van der Waals surface area (Å²) in [7, 11) is 1.63. The summed E-state index contributed by atoms with van der Waals surface area (Å²) < 4.78 is 6.14. The van der Waals surface area contributed by atoms with Crippen LogP contribution in [0.4, 0.5) is 5.69 Å². The molecule has 2 heterocycles. The average Bonchev–Trinajstić information content (AvgIpc) is 2.98. The molecule has 3 rings (SSSR count). The molecule has 0 atom stereocenters. The maximum Gasteiger partial charge on any atom is 0.142 e. The Morgan fingerprint density at radius 1 is 1.27 bits per heavy atom. The predicted octanol–water partition coefficient (Wildman–Crippen LogP) is 4.84. The number of ether oxygens (including phenoxy) is 1. The van der Waals surface area contributed by atoms with E-state index in [9.17, 15) is 0 Å². The van der Waals surface area contributed by atoms with E-state index in [2.05, 4.69) is 40.1 Å². The van der Waals surface area contributed by atoms with Crippen LogP contribution < -0.4 is 10.5 Å². The minimum atomic E-state index is 0.398. The Labute approximate surface area is 141 Å². The second-order valence-electron chi connectivity index (χ2n) is 5.31. The quantitative estimate of drug-likeness (QED) is 0.709. The normalized spacial score (nSPS) is 11.3. The lowest BCUT2D eigenvalue weighted by Crippen LogP contribution is -1.95. The molecule has 0 amide bonds. The first-order valence-electron chi connectivity index (χ1n) is 6.89. The number of nitrogens with zero attached hydrogens (tertiary/aromatic N) is 2. The van der Waals surface area contributed by atoms with Crippen LogP contribution in [0.25, 0.3) is 21.6 Å². The molecule has 0 saturated carbocycles. The van der Waals surface area contributed by atoms with E-state index in [0.717, 1.165) is 37.5 Å². The van der Waals surface area contributed by atoms with E-state index in [1.54, 1.807) is 18.4 Å². The van der Waals surface area contributed by atoms with Crippen molar-refractivity contribution < 1.29 is 4.74 Å². The van der Waals surface area contributed by atoms with Gasteiger partial charge in [-0.05, 0) is 40.0 Å². The standard InChI is InChI=1S/C16H16BrN3OS/c1-8(2)12-7-22-16(20-12)11-6-10(18)9-4-5-13(21-3)14(17)15(9)19-11/h4-8H,1-3H3,(H2,18,19). The SMILES string of the molecule is COc1ccc2c(N)cc(-c3nc(C(C)C)cs3)nc2c1Br. The Morgan fingerprint density at radius 2 is 2.05 bits per heavy atom. The summed E-state index contributed by atoms with van der Waals surface area (Å²) in [6.45, 7) is 4.25. The first kappa shape index (κ1) is 15.2. The summed E-state index contributed by atoms with van der Waals surface area (Å²) in [4.78, 5) is 9.38. The van der Waals surface area contributed by atoms with Gasteiger partial charge in [0.15, 0.2) is 0 Å². The van der Waals surface area contributed by atoms with Gasteiger partial charge in [0, 0.05) is 16.5 Å². The molecule has 3 aromatic rings. The Kier molecular flexibility index (Phi) is 4.06. The minimum absolute atomic E-state index is 0.398. The van der Waals surface area contributed by atoms with Crippen molar-refractivity contribution in [1.82, 2.24) is 9.97 Å². The van der Waals surface area contributed by atoms with E-state index in [-0.39, 0.29) is 0 Å². The lowest BCUT2D eigenvalue weighted by Gasteiger charge is -2.09. The number of methoxy groups -OCH3 is 1. The van der Waals surface area contributed by atoms with Gasteiger partial charge in [-0.15, -0.1) is 11.3 Å². The molecule has 0 unspecified atom stereocenters. The monoisotopic (exact) mass is 377 g/mol. The third-order valence-corrected chi connectivity index (χ3v) is 5.12. The third-order valence-electron chi connectivity index (χ3n) is 3.47. The van der Waals surface area contributed by atoms with Gasteiger partial charge in [-0.3, -0.25) is 0 Å². The number of nitrogens with two attached hydrogens (primary N) is 1. The van der Waals surface area contributed by atoms with E-state index in [4.69, 9.17) is 15.5 Å². The Hall–Kier alpha value is -1.66. The van der Waals surface area contributed by atoms with Crippen LogP contribution in [0.3, 0.4) is 0 Å². The molecule has 0 bridgehead atoms. The van der Waals surface area contributed by atoms with Gasteiger partial charge in [-0.2, -0.15) is 0 Å². The number of hydrogen-bond donors (Lipinski definition) is 1. The fourth-order valence-corrected chi connectivity index (χ4v) is 3.74. The Bertz CT molecular complexity index is 845. The molecule has 0 aliphatic rings. The summed E-state index contributed by atoms with van der Waals surface area (Å²) in [5, 5.41) is 3.85. The van der Waals surface area contributed by atoms with Gasteiger partial charge >= 0.3 is 0 Å². The van der Waals surface area contributed by atoms with Crippen molar-refractivity contribution in [3.05, 3.63) is 33.7 Å². The summed E-state index contributed by atoms with van der Waals surface area (Å²) in [6, 6.07) is 5.68. The van der Waals surface area contributed by atoms with Gasteiger partial charge in [0.1, 0.15) is 16.5 Å². The number of thiazole rings is 1. The molecule has 0 fully saturated rings. The van der Waals surface area contributed by atoms with Crippen molar-refractivity contribution in [3.8, 4) is 16.5 Å². The molecule has 114 valence electrons. The smallest absolute Gasteiger partial charge is 0.142 e. The maximum absolute atomic E-state index is 6.20. The Balaban J connectivity index is 2.20.